The van der Waals surface area contributed by atoms with Crippen molar-refractivity contribution < 1.29 is 19.2 Å². The van der Waals surface area contributed by atoms with E-state index in [1.54, 1.807) is 30.3 Å². The summed E-state index contributed by atoms with van der Waals surface area (Å²) in [6.07, 6.45) is 3.56. The van der Waals surface area contributed by atoms with Crippen molar-refractivity contribution in [3.8, 4) is 0 Å². The first kappa shape index (κ1) is 19.5. The van der Waals surface area contributed by atoms with Crippen LogP contribution in [0, 0.1) is 0 Å². The number of hydrogen-bond acceptors (Lipinski definition) is 5. The van der Waals surface area contributed by atoms with E-state index in [2.05, 4.69) is 23.4 Å². The topological polar surface area (TPSA) is 61.9 Å². The number of carbonyl (C=O) groups excluding carboxylic acids is 1. The van der Waals surface area contributed by atoms with Crippen LogP contribution in [0.4, 0.5) is 0 Å². The van der Waals surface area contributed by atoms with Crippen LogP contribution in [0.5, 0.6) is 0 Å². The summed E-state index contributed by atoms with van der Waals surface area (Å²) in [4.78, 5) is 17.8. The molecule has 5 nitrogen and oxygen atoms in total. The van der Waals surface area contributed by atoms with Gasteiger partial charge < -0.3 is 9.84 Å². The summed E-state index contributed by atoms with van der Waals surface area (Å²) in [5, 5.41) is 13.1. The van der Waals surface area contributed by atoms with Gasteiger partial charge in [-0.2, -0.15) is 0 Å². The lowest BCUT2D eigenvalue weighted by Crippen LogP contribution is -2.38. The lowest BCUT2D eigenvalue weighted by Gasteiger charge is -2.25. The molecule has 2 unspecified atom stereocenters. The summed E-state index contributed by atoms with van der Waals surface area (Å²) in [5.41, 5.74) is -0.0974. The van der Waals surface area contributed by atoms with Gasteiger partial charge in [-0.1, -0.05) is 36.4 Å². The molecule has 0 saturated carbocycles. The van der Waals surface area contributed by atoms with Gasteiger partial charge in [0.2, 0.25) is 11.8 Å². The normalized spacial score (nSPS) is 18.6. The van der Waals surface area contributed by atoms with Crippen molar-refractivity contribution in [3.63, 3.8) is 0 Å². The van der Waals surface area contributed by atoms with Gasteiger partial charge >= 0.3 is 5.97 Å². The van der Waals surface area contributed by atoms with Crippen LogP contribution in [0.15, 0.2) is 52.8 Å². The third-order valence-electron chi connectivity index (χ3n) is 4.78. The molecule has 2 aromatic rings. The first-order chi connectivity index (χ1) is 13.1. The van der Waals surface area contributed by atoms with Gasteiger partial charge in [-0.25, -0.2) is 14.4 Å². The fourth-order valence-electron chi connectivity index (χ4n) is 3.31. The SMILES string of the molecule is CC[N+]1=C(CCCOC(=O)C(O)(c2ccccc2)c2cccs2)C=NC1C. The van der Waals surface area contributed by atoms with Crippen LogP contribution < -0.4 is 0 Å². The minimum atomic E-state index is -1.78. The molecular weight excluding hydrogens is 360 g/mol. The Morgan fingerprint density at radius 1 is 1.30 bits per heavy atom. The van der Waals surface area contributed by atoms with Gasteiger partial charge in [-0.15, -0.1) is 11.3 Å². The molecule has 1 aromatic heterocycles. The maximum Gasteiger partial charge on any atom is 0.348 e. The number of thiophene rings is 1. The monoisotopic (exact) mass is 385 g/mol. The molecule has 27 heavy (non-hydrogen) atoms. The van der Waals surface area contributed by atoms with E-state index in [0.717, 1.165) is 18.7 Å². The molecule has 1 N–H and O–H groups in total. The highest BCUT2D eigenvalue weighted by molar-refractivity contribution is 7.10. The molecule has 0 radical (unpaired) electrons. The zero-order chi connectivity index (χ0) is 19.3. The third-order valence-corrected chi connectivity index (χ3v) is 5.75. The van der Waals surface area contributed by atoms with Crippen molar-refractivity contribution in [1.82, 2.24) is 0 Å². The average molecular weight is 386 g/mol. The Bertz CT molecular complexity index is 830. The number of hydrogen-bond donors (Lipinski definition) is 1. The van der Waals surface area contributed by atoms with Gasteiger partial charge in [0.15, 0.2) is 5.71 Å². The predicted molar refractivity (Wildman–Crippen MR) is 108 cm³/mol. The molecule has 1 aliphatic heterocycles. The lowest BCUT2D eigenvalue weighted by atomic mass is 9.92. The number of ether oxygens (including phenoxy) is 1. The fraction of sp³-hybridized carbons (Fsp3) is 0.381. The molecule has 0 bridgehead atoms. The second-order valence-electron chi connectivity index (χ2n) is 6.48. The van der Waals surface area contributed by atoms with E-state index in [1.165, 1.54) is 11.3 Å². The van der Waals surface area contributed by atoms with Crippen LogP contribution in [-0.2, 0) is 15.1 Å². The molecule has 0 aliphatic carbocycles. The molecule has 6 heteroatoms. The number of esters is 1. The summed E-state index contributed by atoms with van der Waals surface area (Å²) in [6, 6.07) is 12.5. The van der Waals surface area contributed by atoms with Crippen LogP contribution in [0.3, 0.4) is 0 Å². The van der Waals surface area contributed by atoms with E-state index in [0.29, 0.717) is 16.9 Å². The summed E-state index contributed by atoms with van der Waals surface area (Å²) in [7, 11) is 0. The van der Waals surface area contributed by atoms with Crippen molar-refractivity contribution in [1.29, 1.82) is 0 Å². The number of aliphatic imine (C=N–C) groups is 1. The highest BCUT2D eigenvalue weighted by atomic mass is 32.1. The maximum absolute atomic E-state index is 12.8. The highest BCUT2D eigenvalue weighted by Crippen LogP contribution is 2.34. The Morgan fingerprint density at radius 3 is 2.74 bits per heavy atom. The summed E-state index contributed by atoms with van der Waals surface area (Å²) in [6.45, 7) is 5.32. The Labute approximate surface area is 163 Å². The van der Waals surface area contributed by atoms with Gasteiger partial charge in [0.25, 0.3) is 0 Å². The Hall–Kier alpha value is -2.31. The maximum atomic E-state index is 12.8. The number of benzene rings is 1. The first-order valence-electron chi connectivity index (χ1n) is 9.22. The quantitative estimate of drug-likeness (QED) is 0.431. The van der Waals surface area contributed by atoms with E-state index in [9.17, 15) is 9.90 Å². The van der Waals surface area contributed by atoms with Crippen LogP contribution in [0.2, 0.25) is 0 Å². The Morgan fingerprint density at radius 2 is 2.07 bits per heavy atom. The van der Waals surface area contributed by atoms with Gasteiger partial charge in [-0.3, -0.25) is 0 Å². The van der Waals surface area contributed by atoms with Crippen molar-refractivity contribution in [3.05, 3.63) is 58.3 Å². The molecule has 1 aliphatic rings. The van der Waals surface area contributed by atoms with Crippen LogP contribution in [0.25, 0.3) is 0 Å². The number of aliphatic hydroxyl groups is 1. The third kappa shape index (κ3) is 4.01. The van der Waals surface area contributed by atoms with Crippen molar-refractivity contribution >= 4 is 29.2 Å². The zero-order valence-electron chi connectivity index (χ0n) is 15.7. The molecule has 1 aromatic carbocycles. The second kappa shape index (κ2) is 8.59. The molecule has 0 spiro atoms. The standard InChI is InChI=1S/C21H25N2O3S/c1-3-23-16(2)22-15-18(23)11-7-13-26-20(24)21(25,19-12-8-14-27-19)17-9-5-4-6-10-17/h4-6,8-10,12,14-16,25H,3,7,11,13H2,1-2H3/q+1. The van der Waals surface area contributed by atoms with Crippen molar-refractivity contribution in [2.75, 3.05) is 13.2 Å². The van der Waals surface area contributed by atoms with E-state index >= 15 is 0 Å². The number of rotatable bonds is 8. The zero-order valence-corrected chi connectivity index (χ0v) is 16.5. The van der Waals surface area contributed by atoms with Crippen LogP contribution in [0.1, 0.15) is 37.1 Å². The molecule has 2 heterocycles. The summed E-state index contributed by atoms with van der Waals surface area (Å²) < 4.78 is 7.71. The van der Waals surface area contributed by atoms with E-state index in [-0.39, 0.29) is 12.8 Å². The number of carbonyl (C=O) groups is 1. The minimum Gasteiger partial charge on any atom is -0.463 e. The van der Waals surface area contributed by atoms with Gasteiger partial charge in [0.1, 0.15) is 6.54 Å². The molecule has 0 fully saturated rings. The number of nitrogens with zero attached hydrogens (tertiary/aromatic N) is 2. The highest BCUT2D eigenvalue weighted by Gasteiger charge is 2.42. The molecule has 142 valence electrons. The smallest absolute Gasteiger partial charge is 0.348 e. The second-order valence-corrected chi connectivity index (χ2v) is 7.43. The average Bonchev–Trinajstić information content (AvgIpc) is 3.35. The van der Waals surface area contributed by atoms with Crippen molar-refractivity contribution in [2.45, 2.75) is 38.5 Å². The van der Waals surface area contributed by atoms with E-state index in [1.807, 2.05) is 23.7 Å². The molecule has 0 amide bonds. The molecule has 0 saturated heterocycles. The fourth-order valence-corrected chi connectivity index (χ4v) is 4.14. The lowest BCUT2D eigenvalue weighted by molar-refractivity contribution is -0.553. The van der Waals surface area contributed by atoms with Gasteiger partial charge in [0, 0.05) is 18.9 Å². The predicted octanol–water partition coefficient (Wildman–Crippen LogP) is 3.21. The van der Waals surface area contributed by atoms with Gasteiger partial charge in [-0.05, 0) is 24.8 Å². The molecule has 3 rings (SSSR count). The summed E-state index contributed by atoms with van der Waals surface area (Å²) >= 11 is 1.34. The molecular formula is C21H25N2O3S+. The van der Waals surface area contributed by atoms with Crippen LogP contribution >= 0.6 is 11.3 Å². The van der Waals surface area contributed by atoms with E-state index in [4.69, 9.17) is 4.74 Å². The summed E-state index contributed by atoms with van der Waals surface area (Å²) in [5.74, 6) is -0.637. The van der Waals surface area contributed by atoms with E-state index < -0.39 is 11.6 Å². The Kier molecular flexibility index (Phi) is 6.19. The van der Waals surface area contributed by atoms with Gasteiger partial charge in [0.05, 0.1) is 17.7 Å². The Balaban J connectivity index is 1.66. The van der Waals surface area contributed by atoms with Crippen LogP contribution in [-0.4, -0.2) is 46.9 Å². The largest absolute Gasteiger partial charge is 0.463 e. The van der Waals surface area contributed by atoms with Crippen molar-refractivity contribution in [2.24, 2.45) is 4.99 Å². The molecule has 2 atom stereocenters. The minimum absolute atomic E-state index is 0.176. The first-order valence-corrected chi connectivity index (χ1v) is 10.1.